The Hall–Kier alpha value is -2.17. The molecule has 1 aliphatic heterocycles. The van der Waals surface area contributed by atoms with Gasteiger partial charge >= 0.3 is 0 Å². The van der Waals surface area contributed by atoms with Crippen LogP contribution in [0.25, 0.3) is 0 Å². The largest absolute Gasteiger partial charge is 0.375 e. The molecule has 2 aromatic carbocycles. The van der Waals surface area contributed by atoms with Crippen LogP contribution in [-0.2, 0) is 22.6 Å². The number of carbonyl (C=O) groups is 1. The van der Waals surface area contributed by atoms with Crippen LogP contribution in [-0.4, -0.2) is 43.1 Å². The van der Waals surface area contributed by atoms with E-state index in [1.165, 1.54) is 5.56 Å². The summed E-state index contributed by atoms with van der Waals surface area (Å²) in [5.74, 6) is 0.217. The fourth-order valence-corrected chi connectivity index (χ4v) is 3.21. The molecule has 0 spiro atoms. The van der Waals surface area contributed by atoms with Crippen molar-refractivity contribution in [3.8, 4) is 0 Å². The van der Waals surface area contributed by atoms with Gasteiger partial charge in [0.1, 0.15) is 0 Å². The minimum Gasteiger partial charge on any atom is -0.375 e. The third kappa shape index (κ3) is 5.41. The molecule has 1 atom stereocenters. The van der Waals surface area contributed by atoms with Crippen molar-refractivity contribution in [1.82, 2.24) is 10.2 Å². The van der Waals surface area contributed by atoms with Crippen molar-refractivity contribution in [2.45, 2.75) is 25.5 Å². The second kappa shape index (κ2) is 9.35. The number of nitrogens with one attached hydrogen (secondary N) is 1. The highest BCUT2D eigenvalue weighted by atomic mass is 16.5. The van der Waals surface area contributed by atoms with Crippen LogP contribution in [0.1, 0.15) is 17.5 Å². The lowest BCUT2D eigenvalue weighted by molar-refractivity contribution is -0.134. The molecule has 4 heteroatoms. The van der Waals surface area contributed by atoms with Crippen molar-refractivity contribution < 1.29 is 9.53 Å². The van der Waals surface area contributed by atoms with Gasteiger partial charge in [0.25, 0.3) is 0 Å². The molecule has 1 amide bonds. The summed E-state index contributed by atoms with van der Waals surface area (Å²) in [6.07, 6.45) is 1.38. The second-order valence-electron chi connectivity index (χ2n) is 6.43. The van der Waals surface area contributed by atoms with E-state index in [9.17, 15) is 4.79 Å². The molecule has 4 nitrogen and oxygen atoms in total. The van der Waals surface area contributed by atoms with Crippen molar-refractivity contribution >= 4 is 5.91 Å². The first kappa shape index (κ1) is 17.6. The highest BCUT2D eigenvalue weighted by Gasteiger charge is 2.25. The lowest BCUT2D eigenvalue weighted by atomic mass is 10.0. The fraction of sp³-hybridized carbons (Fsp3) is 0.381. The maximum Gasteiger partial charge on any atom is 0.224 e. The molecule has 0 aromatic heterocycles. The SMILES string of the molecule is O=C1CCNCCN1[C@H](COCc1ccccc1)Cc1ccccc1. The topological polar surface area (TPSA) is 41.6 Å². The molecule has 25 heavy (non-hydrogen) atoms. The number of rotatable bonds is 7. The molecule has 132 valence electrons. The van der Waals surface area contributed by atoms with Crippen LogP contribution in [0.2, 0.25) is 0 Å². The standard InChI is InChI=1S/C21H26N2O2/c24-21-11-12-22-13-14-23(21)20(15-18-7-3-1-4-8-18)17-25-16-19-9-5-2-6-10-19/h1-10,20,22H,11-17H2/t20-/m0/s1. The quantitative estimate of drug-likeness (QED) is 0.844. The lowest BCUT2D eigenvalue weighted by Crippen LogP contribution is -2.45. The molecule has 2 aromatic rings. The molecule has 0 aliphatic carbocycles. The van der Waals surface area contributed by atoms with Crippen molar-refractivity contribution in [1.29, 1.82) is 0 Å². The van der Waals surface area contributed by atoms with Gasteiger partial charge in [-0.2, -0.15) is 0 Å². The van der Waals surface area contributed by atoms with E-state index in [1.54, 1.807) is 0 Å². The minimum absolute atomic E-state index is 0.0681. The van der Waals surface area contributed by atoms with E-state index < -0.39 is 0 Å². The predicted molar refractivity (Wildman–Crippen MR) is 99.2 cm³/mol. The van der Waals surface area contributed by atoms with Crippen LogP contribution < -0.4 is 5.32 Å². The Bertz CT molecular complexity index is 645. The molecule has 3 rings (SSSR count). The zero-order chi connectivity index (χ0) is 17.3. The van der Waals surface area contributed by atoms with E-state index >= 15 is 0 Å². The van der Waals surface area contributed by atoms with Gasteiger partial charge in [-0.1, -0.05) is 60.7 Å². The van der Waals surface area contributed by atoms with Crippen molar-refractivity contribution in [3.05, 3.63) is 71.8 Å². The van der Waals surface area contributed by atoms with E-state index in [0.717, 1.165) is 31.6 Å². The van der Waals surface area contributed by atoms with Gasteiger partial charge in [-0.3, -0.25) is 4.79 Å². The Morgan fingerprint density at radius 3 is 2.36 bits per heavy atom. The Morgan fingerprint density at radius 2 is 1.64 bits per heavy atom. The van der Waals surface area contributed by atoms with Crippen LogP contribution in [0.15, 0.2) is 60.7 Å². The summed E-state index contributed by atoms with van der Waals surface area (Å²) < 4.78 is 5.98. The molecule has 0 radical (unpaired) electrons. The first-order chi connectivity index (χ1) is 12.3. The zero-order valence-electron chi connectivity index (χ0n) is 14.6. The van der Waals surface area contributed by atoms with Gasteiger partial charge in [-0.25, -0.2) is 0 Å². The van der Waals surface area contributed by atoms with Crippen molar-refractivity contribution in [3.63, 3.8) is 0 Å². The number of carbonyl (C=O) groups excluding carboxylic acids is 1. The molecule has 1 aliphatic rings. The third-order valence-electron chi connectivity index (χ3n) is 4.54. The Balaban J connectivity index is 1.65. The second-order valence-corrected chi connectivity index (χ2v) is 6.43. The monoisotopic (exact) mass is 338 g/mol. The highest BCUT2D eigenvalue weighted by molar-refractivity contribution is 5.77. The van der Waals surface area contributed by atoms with Crippen LogP contribution >= 0.6 is 0 Å². The van der Waals surface area contributed by atoms with Gasteiger partial charge < -0.3 is 15.0 Å². The number of hydrogen-bond donors (Lipinski definition) is 1. The predicted octanol–water partition coefficient (Wildman–Crippen LogP) is 2.64. The van der Waals surface area contributed by atoms with Gasteiger partial charge in [0.15, 0.2) is 0 Å². The smallest absolute Gasteiger partial charge is 0.224 e. The van der Waals surface area contributed by atoms with Crippen LogP contribution in [0.3, 0.4) is 0 Å². The lowest BCUT2D eigenvalue weighted by Gasteiger charge is -2.31. The van der Waals surface area contributed by atoms with Crippen LogP contribution in [0.5, 0.6) is 0 Å². The summed E-state index contributed by atoms with van der Waals surface area (Å²) in [7, 11) is 0. The average molecular weight is 338 g/mol. The molecule has 1 N–H and O–H groups in total. The number of hydrogen-bond acceptors (Lipinski definition) is 3. The normalized spacial score (nSPS) is 16.5. The molecule has 1 fully saturated rings. The first-order valence-corrected chi connectivity index (χ1v) is 8.99. The zero-order valence-corrected chi connectivity index (χ0v) is 14.6. The minimum atomic E-state index is 0.0681. The Labute approximate surface area is 149 Å². The summed E-state index contributed by atoms with van der Waals surface area (Å²) in [5, 5.41) is 3.30. The van der Waals surface area contributed by atoms with E-state index in [1.807, 2.05) is 41.3 Å². The maximum absolute atomic E-state index is 12.5. The Morgan fingerprint density at radius 1 is 0.960 bits per heavy atom. The summed E-state index contributed by atoms with van der Waals surface area (Å²) in [5.41, 5.74) is 2.39. The van der Waals surface area contributed by atoms with Gasteiger partial charge in [-0.05, 0) is 17.5 Å². The average Bonchev–Trinajstić information content (AvgIpc) is 2.87. The molecule has 0 saturated carbocycles. The number of benzene rings is 2. The molecule has 1 saturated heterocycles. The van der Waals surface area contributed by atoms with Crippen molar-refractivity contribution in [2.75, 3.05) is 26.2 Å². The van der Waals surface area contributed by atoms with Gasteiger partial charge in [0.2, 0.25) is 5.91 Å². The van der Waals surface area contributed by atoms with Crippen molar-refractivity contribution in [2.24, 2.45) is 0 Å². The number of ether oxygens (including phenoxy) is 1. The van der Waals surface area contributed by atoms with Gasteiger partial charge in [0, 0.05) is 26.1 Å². The Kier molecular flexibility index (Phi) is 6.60. The molecule has 0 unspecified atom stereocenters. The first-order valence-electron chi connectivity index (χ1n) is 8.99. The maximum atomic E-state index is 12.5. The summed E-state index contributed by atoms with van der Waals surface area (Å²) in [6.45, 7) is 3.47. The highest BCUT2D eigenvalue weighted by Crippen LogP contribution is 2.13. The summed E-state index contributed by atoms with van der Waals surface area (Å²) >= 11 is 0. The number of nitrogens with zero attached hydrogens (tertiary/aromatic N) is 1. The molecule has 1 heterocycles. The number of amides is 1. The summed E-state index contributed by atoms with van der Waals surface area (Å²) in [6, 6.07) is 20.6. The molecule has 0 bridgehead atoms. The van der Waals surface area contributed by atoms with Gasteiger partial charge in [-0.15, -0.1) is 0 Å². The van der Waals surface area contributed by atoms with Crippen LogP contribution in [0.4, 0.5) is 0 Å². The van der Waals surface area contributed by atoms with Gasteiger partial charge in [0.05, 0.1) is 19.3 Å². The van der Waals surface area contributed by atoms with E-state index in [0.29, 0.717) is 19.6 Å². The van der Waals surface area contributed by atoms with E-state index in [-0.39, 0.29) is 11.9 Å². The van der Waals surface area contributed by atoms with E-state index in [4.69, 9.17) is 4.74 Å². The van der Waals surface area contributed by atoms with Crippen LogP contribution in [0, 0.1) is 0 Å². The summed E-state index contributed by atoms with van der Waals surface area (Å²) in [4.78, 5) is 14.5. The van der Waals surface area contributed by atoms with E-state index in [2.05, 4.69) is 29.6 Å². The molecular weight excluding hydrogens is 312 g/mol. The fourth-order valence-electron chi connectivity index (χ4n) is 3.21. The molecular formula is C21H26N2O2. The third-order valence-corrected chi connectivity index (χ3v) is 4.54.